The maximum atomic E-state index is 12.1. The van der Waals surface area contributed by atoms with Gasteiger partial charge >= 0.3 is 0 Å². The Bertz CT molecular complexity index is 1210. The van der Waals surface area contributed by atoms with Gasteiger partial charge in [-0.15, -0.1) is 0 Å². The summed E-state index contributed by atoms with van der Waals surface area (Å²) in [6.45, 7) is 12.0. The SMILES string of the molecule is CCOc1nc2cc(C)ccc2n1C1CCN(C[C@H]2Cc3ccc(NC(=O)C(C)C)cc3C2)CC1. The Morgan fingerprint density at radius 3 is 2.63 bits per heavy atom. The number of benzene rings is 2. The molecule has 2 heterocycles. The molecule has 5 rings (SSSR count). The Morgan fingerprint density at radius 1 is 1.11 bits per heavy atom. The summed E-state index contributed by atoms with van der Waals surface area (Å²) in [5.41, 5.74) is 7.21. The normalized spacial score (nSPS) is 18.8. The number of carbonyl (C=O) groups excluding carboxylic acids is 1. The average molecular weight is 475 g/mol. The average Bonchev–Trinajstić information content (AvgIpc) is 3.39. The monoisotopic (exact) mass is 474 g/mol. The summed E-state index contributed by atoms with van der Waals surface area (Å²) in [7, 11) is 0. The number of nitrogens with one attached hydrogen (secondary N) is 1. The molecule has 3 aromatic rings. The highest BCUT2D eigenvalue weighted by atomic mass is 16.5. The molecule has 0 saturated carbocycles. The van der Waals surface area contributed by atoms with Crippen LogP contribution in [0.3, 0.4) is 0 Å². The number of likely N-dealkylation sites (tertiary alicyclic amines) is 1. The first-order chi connectivity index (χ1) is 16.9. The van der Waals surface area contributed by atoms with Crippen molar-refractivity contribution < 1.29 is 9.53 Å². The van der Waals surface area contributed by atoms with E-state index < -0.39 is 0 Å². The van der Waals surface area contributed by atoms with E-state index in [2.05, 4.69) is 58.1 Å². The van der Waals surface area contributed by atoms with Crippen LogP contribution in [0.4, 0.5) is 5.69 Å². The van der Waals surface area contributed by atoms with Crippen molar-refractivity contribution in [3.05, 3.63) is 53.1 Å². The molecule has 1 amide bonds. The number of hydrogen-bond acceptors (Lipinski definition) is 4. The molecule has 0 bridgehead atoms. The second-order valence-corrected chi connectivity index (χ2v) is 10.6. The zero-order valence-electron chi connectivity index (χ0n) is 21.5. The molecule has 0 spiro atoms. The number of carbonyl (C=O) groups is 1. The number of rotatable bonds is 7. The molecule has 1 aromatic heterocycles. The van der Waals surface area contributed by atoms with Crippen LogP contribution in [0.1, 0.15) is 56.3 Å². The molecule has 0 radical (unpaired) electrons. The molecule has 6 heteroatoms. The molecule has 1 saturated heterocycles. The lowest BCUT2D eigenvalue weighted by Gasteiger charge is -2.34. The van der Waals surface area contributed by atoms with Gasteiger partial charge in [0, 0.05) is 37.3 Å². The number of piperidine rings is 1. The maximum absolute atomic E-state index is 12.1. The Morgan fingerprint density at radius 2 is 1.89 bits per heavy atom. The van der Waals surface area contributed by atoms with Crippen molar-refractivity contribution >= 4 is 22.6 Å². The first kappa shape index (κ1) is 23.9. The molecule has 35 heavy (non-hydrogen) atoms. The highest BCUT2D eigenvalue weighted by Gasteiger charge is 2.29. The van der Waals surface area contributed by atoms with Gasteiger partial charge in [-0.2, -0.15) is 4.98 Å². The first-order valence-corrected chi connectivity index (χ1v) is 13.2. The van der Waals surface area contributed by atoms with E-state index in [0.717, 1.165) is 62.5 Å². The van der Waals surface area contributed by atoms with Gasteiger partial charge in [0.1, 0.15) is 0 Å². The molecule has 1 atom stereocenters. The van der Waals surface area contributed by atoms with Crippen LogP contribution < -0.4 is 10.1 Å². The van der Waals surface area contributed by atoms with E-state index in [1.807, 2.05) is 20.8 Å². The van der Waals surface area contributed by atoms with Crippen molar-refractivity contribution in [2.24, 2.45) is 11.8 Å². The van der Waals surface area contributed by atoms with Crippen LogP contribution in [0.5, 0.6) is 6.01 Å². The largest absolute Gasteiger partial charge is 0.465 e. The van der Waals surface area contributed by atoms with Gasteiger partial charge in [-0.3, -0.25) is 9.36 Å². The Labute approximate surface area is 208 Å². The van der Waals surface area contributed by atoms with E-state index >= 15 is 0 Å². The highest BCUT2D eigenvalue weighted by Crippen LogP contribution is 2.34. The van der Waals surface area contributed by atoms with Gasteiger partial charge in [0.25, 0.3) is 6.01 Å². The number of ether oxygens (including phenoxy) is 1. The maximum Gasteiger partial charge on any atom is 0.297 e. The van der Waals surface area contributed by atoms with Gasteiger partial charge in [0.2, 0.25) is 5.91 Å². The van der Waals surface area contributed by atoms with Gasteiger partial charge in [-0.25, -0.2) is 0 Å². The van der Waals surface area contributed by atoms with Gasteiger partial charge < -0.3 is 15.0 Å². The Kier molecular flexibility index (Phi) is 6.83. The van der Waals surface area contributed by atoms with E-state index in [9.17, 15) is 4.79 Å². The highest BCUT2D eigenvalue weighted by molar-refractivity contribution is 5.92. The minimum atomic E-state index is -0.00651. The fourth-order valence-electron chi connectivity index (χ4n) is 5.70. The summed E-state index contributed by atoms with van der Waals surface area (Å²) in [6.07, 6.45) is 4.46. The molecule has 0 unspecified atom stereocenters. The van der Waals surface area contributed by atoms with Crippen molar-refractivity contribution in [3.8, 4) is 6.01 Å². The number of imidazole rings is 1. The van der Waals surface area contributed by atoms with Crippen molar-refractivity contribution in [1.82, 2.24) is 14.5 Å². The Balaban J connectivity index is 1.20. The number of aromatic nitrogens is 2. The van der Waals surface area contributed by atoms with Crippen molar-refractivity contribution in [3.63, 3.8) is 0 Å². The standard InChI is InChI=1S/C29H38N4O2/c1-5-35-29-31-26-14-20(4)6-9-27(26)33(29)25-10-12-32(13-11-25)18-21-15-22-7-8-24(17-23(22)16-21)30-28(34)19(2)3/h6-9,14,17,19,21,25H,5,10-13,15-16,18H2,1-4H3,(H,30,34)/t21-/m0/s1. The molecule has 6 nitrogen and oxygen atoms in total. The summed E-state index contributed by atoms with van der Waals surface area (Å²) < 4.78 is 8.29. The zero-order valence-corrected chi connectivity index (χ0v) is 21.5. The van der Waals surface area contributed by atoms with Crippen LogP contribution in [0.15, 0.2) is 36.4 Å². The van der Waals surface area contributed by atoms with Crippen LogP contribution >= 0.6 is 0 Å². The molecular weight excluding hydrogens is 436 g/mol. The second-order valence-electron chi connectivity index (χ2n) is 10.6. The van der Waals surface area contributed by atoms with Crippen molar-refractivity contribution in [2.45, 2.75) is 59.4 Å². The third-order valence-electron chi connectivity index (χ3n) is 7.54. The summed E-state index contributed by atoms with van der Waals surface area (Å²) in [5, 5.41) is 3.05. The fraction of sp³-hybridized carbons (Fsp3) is 0.517. The summed E-state index contributed by atoms with van der Waals surface area (Å²) in [4.78, 5) is 19.5. The quantitative estimate of drug-likeness (QED) is 0.499. The molecule has 1 N–H and O–H groups in total. The van der Waals surface area contributed by atoms with Crippen LogP contribution in [0.2, 0.25) is 0 Å². The lowest BCUT2D eigenvalue weighted by Crippen LogP contribution is -2.38. The number of nitrogens with zero attached hydrogens (tertiary/aromatic N) is 3. The van der Waals surface area contributed by atoms with Gasteiger partial charge in [0.05, 0.1) is 17.6 Å². The number of aryl methyl sites for hydroxylation is 1. The number of anilines is 1. The van der Waals surface area contributed by atoms with Crippen LogP contribution in [0.25, 0.3) is 11.0 Å². The van der Waals surface area contributed by atoms with E-state index in [-0.39, 0.29) is 11.8 Å². The zero-order chi connectivity index (χ0) is 24.5. The minimum Gasteiger partial charge on any atom is -0.465 e. The molecule has 2 aliphatic rings. The van der Waals surface area contributed by atoms with E-state index in [1.165, 1.54) is 22.2 Å². The summed E-state index contributed by atoms with van der Waals surface area (Å²) in [5.74, 6) is 0.720. The fourth-order valence-corrected chi connectivity index (χ4v) is 5.70. The van der Waals surface area contributed by atoms with Crippen molar-refractivity contribution in [1.29, 1.82) is 0 Å². The predicted octanol–water partition coefficient (Wildman–Crippen LogP) is 5.39. The van der Waals surface area contributed by atoms with Crippen molar-refractivity contribution in [2.75, 3.05) is 31.6 Å². The lowest BCUT2D eigenvalue weighted by atomic mass is 10.0. The Hall–Kier alpha value is -2.86. The van der Waals surface area contributed by atoms with Gasteiger partial charge in [0.15, 0.2) is 0 Å². The third kappa shape index (κ3) is 5.08. The van der Waals surface area contributed by atoms with Gasteiger partial charge in [-0.05, 0) is 86.4 Å². The number of hydrogen-bond donors (Lipinski definition) is 1. The molecule has 1 aliphatic heterocycles. The second kappa shape index (κ2) is 10.0. The smallest absolute Gasteiger partial charge is 0.297 e. The third-order valence-corrected chi connectivity index (χ3v) is 7.54. The molecule has 1 fully saturated rings. The first-order valence-electron chi connectivity index (χ1n) is 13.2. The van der Waals surface area contributed by atoms with E-state index in [0.29, 0.717) is 18.6 Å². The minimum absolute atomic E-state index is 0.00651. The number of fused-ring (bicyclic) bond motifs is 2. The van der Waals surface area contributed by atoms with Crippen LogP contribution in [0, 0.1) is 18.8 Å². The van der Waals surface area contributed by atoms with E-state index in [4.69, 9.17) is 9.72 Å². The molecule has 2 aromatic carbocycles. The van der Waals surface area contributed by atoms with Gasteiger partial charge in [-0.1, -0.05) is 26.0 Å². The van der Waals surface area contributed by atoms with Crippen LogP contribution in [-0.2, 0) is 17.6 Å². The summed E-state index contributed by atoms with van der Waals surface area (Å²) >= 11 is 0. The van der Waals surface area contributed by atoms with Crippen LogP contribution in [-0.4, -0.2) is 46.6 Å². The summed E-state index contributed by atoms with van der Waals surface area (Å²) in [6, 6.07) is 14.2. The number of amides is 1. The lowest BCUT2D eigenvalue weighted by molar-refractivity contribution is -0.118. The predicted molar refractivity (Wildman–Crippen MR) is 141 cm³/mol. The molecule has 186 valence electrons. The topological polar surface area (TPSA) is 59.4 Å². The molecular formula is C29H38N4O2. The molecule has 1 aliphatic carbocycles. The van der Waals surface area contributed by atoms with E-state index in [1.54, 1.807) is 0 Å².